The predicted molar refractivity (Wildman–Crippen MR) is 95.9 cm³/mol. The van der Waals surface area contributed by atoms with Crippen molar-refractivity contribution in [1.82, 2.24) is 4.98 Å². The third-order valence-corrected chi connectivity index (χ3v) is 3.93. The number of fused-ring (bicyclic) bond motifs is 1. The maximum absolute atomic E-state index is 12.7. The van der Waals surface area contributed by atoms with Crippen LogP contribution in [0, 0.1) is 0 Å². The molecule has 0 aliphatic rings. The Morgan fingerprint density at radius 3 is 2.56 bits per heavy atom. The molecule has 0 aliphatic heterocycles. The van der Waals surface area contributed by atoms with Crippen molar-refractivity contribution in [3.63, 3.8) is 0 Å². The molecule has 2 aromatic carbocycles. The molecule has 25 heavy (non-hydrogen) atoms. The first-order valence-electron chi connectivity index (χ1n) is 7.72. The number of aromatic nitrogens is 1. The first-order valence-corrected chi connectivity index (χ1v) is 7.72. The summed E-state index contributed by atoms with van der Waals surface area (Å²) in [7, 11) is 2.97. The number of methoxy groups -OCH3 is 2. The zero-order valence-corrected chi connectivity index (χ0v) is 13.9. The van der Waals surface area contributed by atoms with Crippen LogP contribution in [0.4, 0.5) is 5.69 Å². The minimum absolute atomic E-state index is 0.215. The van der Waals surface area contributed by atoms with Crippen LogP contribution in [0.1, 0.15) is 11.7 Å². The third kappa shape index (κ3) is 3.39. The minimum Gasteiger partial charge on any atom is -0.495 e. The van der Waals surface area contributed by atoms with Gasteiger partial charge in [-0.05, 0) is 29.1 Å². The van der Waals surface area contributed by atoms with Crippen molar-refractivity contribution in [3.8, 4) is 5.75 Å². The standard InChI is InChI=1S/C19H18N2O4/c1-24-16-11-14-13(8-9-20-18(14)22)10-15(16)21-19(23)17(25-2)12-6-4-3-5-7-12/h3-11,17H,1-2H3,(H,20,22)(H,21,23). The molecular formula is C19H18N2O4. The molecule has 0 saturated carbocycles. The molecule has 3 aromatic rings. The largest absolute Gasteiger partial charge is 0.495 e. The van der Waals surface area contributed by atoms with Gasteiger partial charge in [0.15, 0.2) is 6.10 Å². The number of amides is 1. The van der Waals surface area contributed by atoms with Crippen LogP contribution < -0.4 is 15.6 Å². The number of anilines is 1. The Labute approximate surface area is 144 Å². The van der Waals surface area contributed by atoms with Crippen LogP contribution in [-0.2, 0) is 9.53 Å². The number of hydrogen-bond donors (Lipinski definition) is 2. The van der Waals surface area contributed by atoms with Crippen molar-refractivity contribution in [2.24, 2.45) is 0 Å². The first kappa shape index (κ1) is 16.7. The molecule has 0 aliphatic carbocycles. The van der Waals surface area contributed by atoms with Crippen LogP contribution in [0.3, 0.4) is 0 Å². The van der Waals surface area contributed by atoms with Gasteiger partial charge in [0.1, 0.15) is 5.75 Å². The second kappa shape index (κ2) is 7.19. The number of carbonyl (C=O) groups is 1. The molecule has 0 saturated heterocycles. The lowest BCUT2D eigenvalue weighted by atomic mass is 10.1. The second-order valence-electron chi connectivity index (χ2n) is 5.46. The van der Waals surface area contributed by atoms with E-state index in [1.807, 2.05) is 30.3 Å². The summed E-state index contributed by atoms with van der Waals surface area (Å²) in [5.41, 5.74) is 1.01. The van der Waals surface area contributed by atoms with Gasteiger partial charge >= 0.3 is 0 Å². The number of nitrogens with one attached hydrogen (secondary N) is 2. The number of pyridine rings is 1. The second-order valence-corrected chi connectivity index (χ2v) is 5.46. The summed E-state index contributed by atoms with van der Waals surface area (Å²) in [5, 5.41) is 4.01. The zero-order valence-electron chi connectivity index (χ0n) is 13.9. The summed E-state index contributed by atoms with van der Waals surface area (Å²) >= 11 is 0. The Morgan fingerprint density at radius 1 is 1.12 bits per heavy atom. The lowest BCUT2D eigenvalue weighted by Crippen LogP contribution is -2.23. The van der Waals surface area contributed by atoms with Gasteiger partial charge in [-0.3, -0.25) is 9.59 Å². The van der Waals surface area contributed by atoms with Crippen LogP contribution in [0.2, 0.25) is 0 Å². The molecule has 1 atom stereocenters. The molecule has 6 heteroatoms. The van der Waals surface area contributed by atoms with Crippen molar-refractivity contribution in [1.29, 1.82) is 0 Å². The predicted octanol–water partition coefficient (Wildman–Crippen LogP) is 2.86. The Kier molecular flexibility index (Phi) is 4.81. The van der Waals surface area contributed by atoms with Gasteiger partial charge in [-0.15, -0.1) is 0 Å². The van der Waals surface area contributed by atoms with Crippen molar-refractivity contribution < 1.29 is 14.3 Å². The first-order chi connectivity index (χ1) is 12.1. The van der Waals surface area contributed by atoms with Crippen molar-refractivity contribution in [2.45, 2.75) is 6.10 Å². The summed E-state index contributed by atoms with van der Waals surface area (Å²) in [6, 6.07) is 14.3. The lowest BCUT2D eigenvalue weighted by Gasteiger charge is -2.17. The van der Waals surface area contributed by atoms with E-state index >= 15 is 0 Å². The number of benzene rings is 2. The van der Waals surface area contributed by atoms with E-state index in [0.29, 0.717) is 22.2 Å². The fraction of sp³-hybridized carbons (Fsp3) is 0.158. The highest BCUT2D eigenvalue weighted by atomic mass is 16.5. The molecule has 1 amide bonds. The van der Waals surface area contributed by atoms with Crippen molar-refractivity contribution in [2.75, 3.05) is 19.5 Å². The Hall–Kier alpha value is -3.12. The van der Waals surface area contributed by atoms with E-state index < -0.39 is 6.10 Å². The van der Waals surface area contributed by atoms with Gasteiger partial charge in [0.2, 0.25) is 0 Å². The average molecular weight is 338 g/mol. The van der Waals surface area contributed by atoms with Crippen LogP contribution in [0.5, 0.6) is 5.75 Å². The van der Waals surface area contributed by atoms with E-state index in [2.05, 4.69) is 10.3 Å². The number of aromatic amines is 1. The summed E-state index contributed by atoms with van der Waals surface area (Å²) in [5.74, 6) is 0.0802. The Bertz CT molecular complexity index is 951. The van der Waals surface area contributed by atoms with E-state index in [1.54, 1.807) is 24.4 Å². The number of H-pyrrole nitrogens is 1. The Morgan fingerprint density at radius 2 is 1.88 bits per heavy atom. The van der Waals surface area contributed by atoms with Gasteiger partial charge in [0, 0.05) is 13.3 Å². The number of hydrogen-bond acceptors (Lipinski definition) is 4. The van der Waals surface area contributed by atoms with E-state index in [1.165, 1.54) is 14.2 Å². The van der Waals surface area contributed by atoms with Crippen LogP contribution in [0.15, 0.2) is 59.5 Å². The van der Waals surface area contributed by atoms with Gasteiger partial charge in [0.05, 0.1) is 18.2 Å². The van der Waals surface area contributed by atoms with Gasteiger partial charge in [0.25, 0.3) is 11.5 Å². The smallest absolute Gasteiger partial charge is 0.258 e. The maximum Gasteiger partial charge on any atom is 0.258 e. The van der Waals surface area contributed by atoms with Crippen molar-refractivity contribution >= 4 is 22.4 Å². The zero-order chi connectivity index (χ0) is 17.8. The van der Waals surface area contributed by atoms with E-state index in [0.717, 1.165) is 5.56 Å². The summed E-state index contributed by atoms with van der Waals surface area (Å²) in [4.78, 5) is 27.2. The normalized spacial score (nSPS) is 11.9. The van der Waals surface area contributed by atoms with Gasteiger partial charge in [-0.25, -0.2) is 0 Å². The molecule has 2 N–H and O–H groups in total. The van der Waals surface area contributed by atoms with Crippen molar-refractivity contribution in [3.05, 3.63) is 70.6 Å². The fourth-order valence-corrected chi connectivity index (χ4v) is 2.70. The summed E-state index contributed by atoms with van der Waals surface area (Å²) in [6.45, 7) is 0. The highest BCUT2D eigenvalue weighted by Crippen LogP contribution is 2.30. The topological polar surface area (TPSA) is 80.4 Å². The summed E-state index contributed by atoms with van der Waals surface area (Å²) in [6.07, 6.45) is 0.811. The lowest BCUT2D eigenvalue weighted by molar-refractivity contribution is -0.126. The molecule has 1 aromatic heterocycles. The molecule has 0 fully saturated rings. The van der Waals surface area contributed by atoms with Gasteiger partial charge in [-0.1, -0.05) is 30.3 Å². The molecule has 6 nitrogen and oxygen atoms in total. The molecule has 3 rings (SSSR count). The quantitative estimate of drug-likeness (QED) is 0.750. The average Bonchev–Trinajstić information content (AvgIpc) is 2.63. The fourth-order valence-electron chi connectivity index (χ4n) is 2.70. The number of carbonyl (C=O) groups excluding carboxylic acids is 1. The number of ether oxygens (including phenoxy) is 2. The van der Waals surface area contributed by atoms with Gasteiger partial charge in [-0.2, -0.15) is 0 Å². The highest BCUT2D eigenvalue weighted by Gasteiger charge is 2.21. The van der Waals surface area contributed by atoms with E-state index in [9.17, 15) is 9.59 Å². The minimum atomic E-state index is -0.749. The highest BCUT2D eigenvalue weighted by molar-refractivity contribution is 5.99. The monoisotopic (exact) mass is 338 g/mol. The molecule has 1 heterocycles. The SMILES string of the molecule is COc1cc2c(=O)[nH]ccc2cc1NC(=O)C(OC)c1ccccc1. The molecular weight excluding hydrogens is 320 g/mol. The molecule has 1 unspecified atom stereocenters. The van der Waals surface area contributed by atoms with Crippen LogP contribution in [-0.4, -0.2) is 25.1 Å². The van der Waals surface area contributed by atoms with Gasteiger partial charge < -0.3 is 19.8 Å². The maximum atomic E-state index is 12.7. The molecule has 0 spiro atoms. The molecule has 128 valence electrons. The van der Waals surface area contributed by atoms with E-state index in [-0.39, 0.29) is 11.5 Å². The third-order valence-electron chi connectivity index (χ3n) is 3.93. The van der Waals surface area contributed by atoms with Crippen LogP contribution >= 0.6 is 0 Å². The molecule has 0 radical (unpaired) electrons. The summed E-state index contributed by atoms with van der Waals surface area (Å²) < 4.78 is 10.7. The molecule has 0 bridgehead atoms. The van der Waals surface area contributed by atoms with E-state index in [4.69, 9.17) is 9.47 Å². The number of rotatable bonds is 5. The Balaban J connectivity index is 1.96. The van der Waals surface area contributed by atoms with Crippen LogP contribution in [0.25, 0.3) is 10.8 Å².